The first-order chi connectivity index (χ1) is 12.5. The highest BCUT2D eigenvalue weighted by molar-refractivity contribution is 6.31. The van der Waals surface area contributed by atoms with Gasteiger partial charge in [0.1, 0.15) is 0 Å². The molecule has 2 heterocycles. The molecule has 0 aliphatic rings. The van der Waals surface area contributed by atoms with Crippen LogP contribution in [0.3, 0.4) is 0 Å². The Labute approximate surface area is 157 Å². The zero-order valence-corrected chi connectivity index (χ0v) is 15.7. The van der Waals surface area contributed by atoms with Crippen molar-refractivity contribution in [2.75, 3.05) is 6.54 Å². The lowest BCUT2D eigenvalue weighted by molar-refractivity contribution is 0.0952. The summed E-state index contributed by atoms with van der Waals surface area (Å²) in [7, 11) is 0. The van der Waals surface area contributed by atoms with Crippen LogP contribution in [-0.2, 0) is 13.1 Å². The van der Waals surface area contributed by atoms with Crippen molar-refractivity contribution < 1.29 is 4.79 Å². The van der Waals surface area contributed by atoms with E-state index in [0.717, 1.165) is 29.9 Å². The number of amides is 1. The van der Waals surface area contributed by atoms with Gasteiger partial charge in [0.25, 0.3) is 5.91 Å². The largest absolute Gasteiger partial charge is 0.352 e. The number of halogens is 1. The fourth-order valence-electron chi connectivity index (χ4n) is 2.82. The van der Waals surface area contributed by atoms with E-state index in [0.29, 0.717) is 23.7 Å². The summed E-state index contributed by atoms with van der Waals surface area (Å²) in [6.07, 6.45) is 4.43. The van der Waals surface area contributed by atoms with Crippen LogP contribution in [0.25, 0.3) is 0 Å². The van der Waals surface area contributed by atoms with Gasteiger partial charge in [0.2, 0.25) is 0 Å². The van der Waals surface area contributed by atoms with Crippen LogP contribution in [0.1, 0.15) is 33.7 Å². The molecule has 0 saturated heterocycles. The lowest BCUT2D eigenvalue weighted by Gasteiger charge is -2.08. The number of hydrogen-bond donors (Lipinski definition) is 1. The molecule has 0 unspecified atom stereocenters. The summed E-state index contributed by atoms with van der Waals surface area (Å²) in [5.74, 6) is -0.0706. The molecule has 1 aromatic carbocycles. The third-order valence-electron chi connectivity index (χ3n) is 4.22. The van der Waals surface area contributed by atoms with E-state index in [9.17, 15) is 4.79 Å². The molecule has 0 aliphatic heterocycles. The Balaban J connectivity index is 1.51. The van der Waals surface area contributed by atoms with Crippen LogP contribution in [0, 0.1) is 13.8 Å². The van der Waals surface area contributed by atoms with E-state index in [1.54, 1.807) is 6.20 Å². The van der Waals surface area contributed by atoms with Gasteiger partial charge in [-0.15, -0.1) is 0 Å². The summed E-state index contributed by atoms with van der Waals surface area (Å²) in [5.41, 5.74) is 3.49. The predicted molar refractivity (Wildman–Crippen MR) is 101 cm³/mol. The molecule has 7 heteroatoms. The Morgan fingerprint density at radius 2 is 2.12 bits per heavy atom. The topological polar surface area (TPSA) is 64.7 Å². The van der Waals surface area contributed by atoms with E-state index >= 15 is 0 Å². The van der Waals surface area contributed by atoms with E-state index in [4.69, 9.17) is 11.6 Å². The Hall–Kier alpha value is -2.60. The number of aryl methyl sites for hydroxylation is 2. The van der Waals surface area contributed by atoms with Gasteiger partial charge >= 0.3 is 0 Å². The van der Waals surface area contributed by atoms with Crippen molar-refractivity contribution in [3.05, 3.63) is 70.3 Å². The fourth-order valence-corrected chi connectivity index (χ4v) is 2.95. The molecule has 3 rings (SSSR count). The van der Waals surface area contributed by atoms with Crippen LogP contribution in [0.2, 0.25) is 5.02 Å². The zero-order valence-electron chi connectivity index (χ0n) is 14.9. The van der Waals surface area contributed by atoms with Crippen LogP contribution in [0.4, 0.5) is 0 Å². The van der Waals surface area contributed by atoms with E-state index < -0.39 is 0 Å². The number of carbonyl (C=O) groups is 1. The molecule has 3 aromatic rings. The molecule has 6 nitrogen and oxygen atoms in total. The lowest BCUT2D eigenvalue weighted by Crippen LogP contribution is -2.25. The van der Waals surface area contributed by atoms with Crippen LogP contribution >= 0.6 is 11.6 Å². The highest BCUT2D eigenvalue weighted by Crippen LogP contribution is 2.18. The molecule has 0 spiro atoms. The fraction of sp³-hybridized carbons (Fsp3) is 0.316. The molecule has 1 N–H and O–H groups in total. The minimum Gasteiger partial charge on any atom is -0.352 e. The van der Waals surface area contributed by atoms with E-state index in [1.807, 2.05) is 59.7 Å². The molecule has 0 bridgehead atoms. The van der Waals surface area contributed by atoms with Crippen molar-refractivity contribution in [3.8, 4) is 0 Å². The molecule has 136 valence electrons. The second-order valence-electron chi connectivity index (χ2n) is 6.22. The Morgan fingerprint density at radius 1 is 1.27 bits per heavy atom. The molecule has 0 atom stereocenters. The number of nitrogens with one attached hydrogen (secondary N) is 1. The van der Waals surface area contributed by atoms with Gasteiger partial charge in [-0.25, -0.2) is 0 Å². The highest BCUT2D eigenvalue weighted by Gasteiger charge is 2.09. The molecule has 1 amide bonds. The Kier molecular flexibility index (Phi) is 5.73. The summed E-state index contributed by atoms with van der Waals surface area (Å²) in [5, 5.41) is 12.3. The normalized spacial score (nSPS) is 10.9. The first-order valence-corrected chi connectivity index (χ1v) is 8.96. The number of nitrogens with zero attached hydrogens (tertiary/aromatic N) is 4. The van der Waals surface area contributed by atoms with Crippen LogP contribution in [-0.4, -0.2) is 32.0 Å². The van der Waals surface area contributed by atoms with Gasteiger partial charge in [-0.2, -0.15) is 10.2 Å². The van der Waals surface area contributed by atoms with Crippen molar-refractivity contribution in [2.45, 2.75) is 33.4 Å². The van der Waals surface area contributed by atoms with Gasteiger partial charge in [0.15, 0.2) is 0 Å². The van der Waals surface area contributed by atoms with Crippen LogP contribution in [0.5, 0.6) is 0 Å². The van der Waals surface area contributed by atoms with Crippen molar-refractivity contribution >= 4 is 17.5 Å². The van der Waals surface area contributed by atoms with Gasteiger partial charge < -0.3 is 5.32 Å². The van der Waals surface area contributed by atoms with Gasteiger partial charge in [-0.3, -0.25) is 14.2 Å². The molecule has 2 aromatic heterocycles. The van der Waals surface area contributed by atoms with Crippen molar-refractivity contribution in [1.29, 1.82) is 0 Å². The molecule has 26 heavy (non-hydrogen) atoms. The summed E-state index contributed by atoms with van der Waals surface area (Å²) in [4.78, 5) is 12.4. The molecule has 0 fully saturated rings. The van der Waals surface area contributed by atoms with Crippen molar-refractivity contribution in [1.82, 2.24) is 24.9 Å². The third kappa shape index (κ3) is 4.32. The number of benzene rings is 1. The second-order valence-corrected chi connectivity index (χ2v) is 6.60. The third-order valence-corrected chi connectivity index (χ3v) is 4.77. The van der Waals surface area contributed by atoms with Crippen LogP contribution in [0.15, 0.2) is 42.7 Å². The minimum absolute atomic E-state index is 0.0706. The van der Waals surface area contributed by atoms with E-state index in [2.05, 4.69) is 15.5 Å². The first-order valence-electron chi connectivity index (χ1n) is 8.58. The monoisotopic (exact) mass is 371 g/mol. The standard InChI is InChI=1S/C19H22ClN5O/c1-14-18(20)15(2)25(23-14)11-4-8-21-19(26)17-7-3-6-16(12-17)13-24-10-5-9-22-24/h3,5-7,9-10,12H,4,8,11,13H2,1-2H3,(H,21,26). The average Bonchev–Trinajstić information content (AvgIpc) is 3.23. The van der Waals surface area contributed by atoms with Gasteiger partial charge in [-0.05, 0) is 44.0 Å². The zero-order chi connectivity index (χ0) is 18.5. The quantitative estimate of drug-likeness (QED) is 0.648. The lowest BCUT2D eigenvalue weighted by atomic mass is 10.1. The molecule has 0 aliphatic carbocycles. The maximum Gasteiger partial charge on any atom is 0.251 e. The predicted octanol–water partition coefficient (Wildman–Crippen LogP) is 3.22. The molecular formula is C19H22ClN5O. The van der Waals surface area contributed by atoms with E-state index in [1.165, 1.54) is 0 Å². The summed E-state index contributed by atoms with van der Waals surface area (Å²) in [6.45, 7) is 5.79. The van der Waals surface area contributed by atoms with Gasteiger partial charge in [0.05, 0.1) is 23.0 Å². The maximum atomic E-state index is 12.4. The smallest absolute Gasteiger partial charge is 0.251 e. The number of rotatable bonds is 7. The molecule has 0 saturated carbocycles. The SMILES string of the molecule is Cc1nn(CCCNC(=O)c2cccc(Cn3cccn3)c2)c(C)c1Cl. The van der Waals surface area contributed by atoms with Gasteiger partial charge in [0, 0.05) is 31.0 Å². The van der Waals surface area contributed by atoms with Crippen LogP contribution < -0.4 is 5.32 Å². The minimum atomic E-state index is -0.0706. The maximum absolute atomic E-state index is 12.4. The van der Waals surface area contributed by atoms with Crippen molar-refractivity contribution in [2.24, 2.45) is 0 Å². The highest BCUT2D eigenvalue weighted by atomic mass is 35.5. The van der Waals surface area contributed by atoms with E-state index in [-0.39, 0.29) is 5.91 Å². The van der Waals surface area contributed by atoms with Crippen molar-refractivity contribution in [3.63, 3.8) is 0 Å². The number of carbonyl (C=O) groups excluding carboxylic acids is 1. The number of aromatic nitrogens is 4. The number of hydrogen-bond acceptors (Lipinski definition) is 3. The summed E-state index contributed by atoms with van der Waals surface area (Å²) >= 11 is 6.15. The second kappa shape index (κ2) is 8.19. The summed E-state index contributed by atoms with van der Waals surface area (Å²) in [6, 6.07) is 9.49. The average molecular weight is 372 g/mol. The Bertz CT molecular complexity index is 885. The first kappa shape index (κ1) is 18.2. The molecule has 0 radical (unpaired) electrons. The van der Waals surface area contributed by atoms with Gasteiger partial charge in [-0.1, -0.05) is 23.7 Å². The Morgan fingerprint density at radius 3 is 2.81 bits per heavy atom. The molecular weight excluding hydrogens is 350 g/mol. The summed E-state index contributed by atoms with van der Waals surface area (Å²) < 4.78 is 3.71.